The minimum atomic E-state index is -3.47. The van der Waals surface area contributed by atoms with Gasteiger partial charge >= 0.3 is 0 Å². The SMILES string of the molecule is C=C(C)CN(C)S(=O)(=O)c1ccc(C)c(CNC(C)C)c1. The van der Waals surface area contributed by atoms with Gasteiger partial charge in [-0.15, -0.1) is 0 Å². The highest BCUT2D eigenvalue weighted by Crippen LogP contribution is 2.19. The number of benzene rings is 1. The van der Waals surface area contributed by atoms with Crippen molar-refractivity contribution >= 4 is 10.0 Å². The molecule has 0 atom stereocenters. The lowest BCUT2D eigenvalue weighted by Crippen LogP contribution is -2.28. The van der Waals surface area contributed by atoms with Gasteiger partial charge in [-0.25, -0.2) is 8.42 Å². The lowest BCUT2D eigenvalue weighted by Gasteiger charge is -2.18. The van der Waals surface area contributed by atoms with Gasteiger partial charge < -0.3 is 5.32 Å². The van der Waals surface area contributed by atoms with E-state index in [4.69, 9.17) is 0 Å². The maximum atomic E-state index is 12.5. The summed E-state index contributed by atoms with van der Waals surface area (Å²) in [6.45, 7) is 12.7. The van der Waals surface area contributed by atoms with Crippen LogP contribution in [0, 0.1) is 6.92 Å². The molecular formula is C16H26N2O2S. The van der Waals surface area contributed by atoms with E-state index in [1.807, 2.05) is 19.9 Å². The molecule has 1 rings (SSSR count). The second-order valence-corrected chi connectivity index (χ2v) is 7.89. The summed E-state index contributed by atoms with van der Waals surface area (Å²) >= 11 is 0. The Morgan fingerprint density at radius 1 is 1.38 bits per heavy atom. The van der Waals surface area contributed by atoms with Crippen LogP contribution in [0.5, 0.6) is 0 Å². The monoisotopic (exact) mass is 310 g/mol. The van der Waals surface area contributed by atoms with Crippen LogP contribution < -0.4 is 5.32 Å². The Morgan fingerprint density at radius 2 is 2.00 bits per heavy atom. The Bertz CT molecular complexity index is 607. The smallest absolute Gasteiger partial charge is 0.243 e. The topological polar surface area (TPSA) is 49.4 Å². The maximum absolute atomic E-state index is 12.5. The first-order valence-corrected chi connectivity index (χ1v) is 8.52. The molecule has 0 radical (unpaired) electrons. The van der Waals surface area contributed by atoms with Crippen LogP contribution in [0.3, 0.4) is 0 Å². The zero-order valence-electron chi connectivity index (χ0n) is 13.6. The molecule has 118 valence electrons. The molecule has 0 aromatic heterocycles. The molecule has 4 nitrogen and oxygen atoms in total. The molecular weight excluding hydrogens is 284 g/mol. The molecule has 0 amide bonds. The first kappa shape index (κ1) is 17.9. The van der Waals surface area contributed by atoms with E-state index in [0.717, 1.165) is 16.7 Å². The van der Waals surface area contributed by atoms with Crippen molar-refractivity contribution in [3.05, 3.63) is 41.5 Å². The lowest BCUT2D eigenvalue weighted by molar-refractivity contribution is 0.493. The Balaban J connectivity index is 3.07. The van der Waals surface area contributed by atoms with E-state index < -0.39 is 10.0 Å². The molecule has 0 bridgehead atoms. The molecule has 0 saturated carbocycles. The summed E-state index contributed by atoms with van der Waals surface area (Å²) in [5.74, 6) is 0. The molecule has 1 aromatic carbocycles. The van der Waals surface area contributed by atoms with Gasteiger partial charge in [0, 0.05) is 26.2 Å². The van der Waals surface area contributed by atoms with Crippen LogP contribution in [0.2, 0.25) is 0 Å². The fourth-order valence-corrected chi connectivity index (χ4v) is 3.24. The first-order valence-electron chi connectivity index (χ1n) is 7.08. The van der Waals surface area contributed by atoms with Crippen molar-refractivity contribution in [2.75, 3.05) is 13.6 Å². The molecule has 0 aliphatic rings. The van der Waals surface area contributed by atoms with E-state index in [9.17, 15) is 8.42 Å². The van der Waals surface area contributed by atoms with E-state index >= 15 is 0 Å². The van der Waals surface area contributed by atoms with Gasteiger partial charge in [0.1, 0.15) is 0 Å². The summed E-state index contributed by atoms with van der Waals surface area (Å²) < 4.78 is 26.4. The van der Waals surface area contributed by atoms with Gasteiger partial charge in [-0.3, -0.25) is 0 Å². The van der Waals surface area contributed by atoms with Gasteiger partial charge in [-0.1, -0.05) is 32.1 Å². The van der Waals surface area contributed by atoms with Gasteiger partial charge in [-0.05, 0) is 37.1 Å². The maximum Gasteiger partial charge on any atom is 0.243 e. The molecule has 1 aromatic rings. The average Bonchev–Trinajstić information content (AvgIpc) is 2.36. The molecule has 21 heavy (non-hydrogen) atoms. The second kappa shape index (κ2) is 7.20. The summed E-state index contributed by atoms with van der Waals surface area (Å²) in [4.78, 5) is 0.331. The normalized spacial score (nSPS) is 12.1. The number of aryl methyl sites for hydroxylation is 1. The van der Waals surface area contributed by atoms with Crippen molar-refractivity contribution in [1.29, 1.82) is 0 Å². The fraction of sp³-hybridized carbons (Fsp3) is 0.500. The molecule has 0 heterocycles. The quantitative estimate of drug-likeness (QED) is 0.788. The number of hydrogen-bond donors (Lipinski definition) is 1. The third kappa shape index (κ3) is 4.95. The fourth-order valence-electron chi connectivity index (χ4n) is 1.96. The second-order valence-electron chi connectivity index (χ2n) is 5.84. The number of nitrogens with zero attached hydrogens (tertiary/aromatic N) is 1. The Morgan fingerprint density at radius 3 is 2.52 bits per heavy atom. The van der Waals surface area contributed by atoms with Crippen LogP contribution in [-0.4, -0.2) is 32.4 Å². The third-order valence-electron chi connectivity index (χ3n) is 3.22. The summed E-state index contributed by atoms with van der Waals surface area (Å²) in [7, 11) is -1.89. The van der Waals surface area contributed by atoms with Gasteiger partial charge in [0.05, 0.1) is 4.90 Å². The molecule has 5 heteroatoms. The van der Waals surface area contributed by atoms with E-state index in [2.05, 4.69) is 25.7 Å². The molecule has 0 fully saturated rings. The van der Waals surface area contributed by atoms with E-state index in [-0.39, 0.29) is 0 Å². The van der Waals surface area contributed by atoms with Crippen LogP contribution in [-0.2, 0) is 16.6 Å². The van der Waals surface area contributed by atoms with Crippen LogP contribution >= 0.6 is 0 Å². The standard InChI is InChI=1S/C16H26N2O2S/c1-12(2)11-18(6)21(19,20)16-8-7-14(5)15(9-16)10-17-13(3)4/h7-9,13,17H,1,10-11H2,2-6H3. The molecule has 0 saturated heterocycles. The van der Waals surface area contributed by atoms with Crippen molar-refractivity contribution < 1.29 is 8.42 Å². The highest BCUT2D eigenvalue weighted by Gasteiger charge is 2.21. The summed E-state index contributed by atoms with van der Waals surface area (Å²) in [5.41, 5.74) is 2.91. The largest absolute Gasteiger partial charge is 0.310 e. The number of sulfonamides is 1. The third-order valence-corrected chi connectivity index (χ3v) is 5.02. The zero-order chi connectivity index (χ0) is 16.2. The molecule has 1 N–H and O–H groups in total. The average molecular weight is 310 g/mol. The van der Waals surface area contributed by atoms with E-state index in [1.54, 1.807) is 19.2 Å². The van der Waals surface area contributed by atoms with Crippen molar-refractivity contribution in [3.8, 4) is 0 Å². The summed E-state index contributed by atoms with van der Waals surface area (Å²) in [5, 5.41) is 3.32. The molecule has 0 unspecified atom stereocenters. The van der Waals surface area contributed by atoms with Gasteiger partial charge in [0.15, 0.2) is 0 Å². The van der Waals surface area contributed by atoms with Crippen molar-refractivity contribution in [3.63, 3.8) is 0 Å². The minimum absolute atomic E-state index is 0.329. The highest BCUT2D eigenvalue weighted by atomic mass is 32.2. The summed E-state index contributed by atoms with van der Waals surface area (Å²) in [6, 6.07) is 5.64. The Kier molecular flexibility index (Phi) is 6.13. The molecule has 0 aliphatic carbocycles. The van der Waals surface area contributed by atoms with Crippen LogP contribution in [0.15, 0.2) is 35.2 Å². The molecule has 0 spiro atoms. The van der Waals surface area contributed by atoms with Crippen LogP contribution in [0.25, 0.3) is 0 Å². The Labute approximate surface area is 128 Å². The van der Waals surface area contributed by atoms with Crippen molar-refractivity contribution in [2.45, 2.75) is 45.2 Å². The van der Waals surface area contributed by atoms with E-state index in [1.165, 1.54) is 4.31 Å². The number of likely N-dealkylation sites (N-methyl/N-ethyl adjacent to an activating group) is 1. The number of rotatable bonds is 7. The van der Waals surface area contributed by atoms with Crippen molar-refractivity contribution in [1.82, 2.24) is 9.62 Å². The zero-order valence-corrected chi connectivity index (χ0v) is 14.4. The Hall–Kier alpha value is -1.17. The van der Waals surface area contributed by atoms with Crippen LogP contribution in [0.4, 0.5) is 0 Å². The highest BCUT2D eigenvalue weighted by molar-refractivity contribution is 7.89. The van der Waals surface area contributed by atoms with Gasteiger partial charge in [0.25, 0.3) is 0 Å². The van der Waals surface area contributed by atoms with Gasteiger partial charge in [-0.2, -0.15) is 4.31 Å². The summed E-state index contributed by atoms with van der Waals surface area (Å²) in [6.07, 6.45) is 0. The minimum Gasteiger partial charge on any atom is -0.310 e. The lowest BCUT2D eigenvalue weighted by atomic mass is 10.1. The predicted molar refractivity (Wildman–Crippen MR) is 87.8 cm³/mol. The van der Waals surface area contributed by atoms with Crippen molar-refractivity contribution in [2.24, 2.45) is 0 Å². The number of nitrogens with one attached hydrogen (secondary N) is 1. The van der Waals surface area contributed by atoms with Gasteiger partial charge in [0.2, 0.25) is 10.0 Å². The molecule has 0 aliphatic heterocycles. The number of hydrogen-bond acceptors (Lipinski definition) is 3. The first-order chi connectivity index (χ1) is 9.64. The van der Waals surface area contributed by atoms with Crippen LogP contribution in [0.1, 0.15) is 31.9 Å². The predicted octanol–water partition coefficient (Wildman–Crippen LogP) is 2.69. The van der Waals surface area contributed by atoms with E-state index in [0.29, 0.717) is 24.0 Å².